The second kappa shape index (κ2) is 6.89. The summed E-state index contributed by atoms with van der Waals surface area (Å²) in [6.45, 7) is 0. The van der Waals surface area contributed by atoms with Crippen LogP contribution in [0.2, 0.25) is 0 Å². The molecule has 2 rings (SSSR count). The van der Waals surface area contributed by atoms with Gasteiger partial charge in [-0.2, -0.15) is 0 Å². The summed E-state index contributed by atoms with van der Waals surface area (Å²) in [6.07, 6.45) is 0. The maximum Gasteiger partial charge on any atom is 0.125 e. The van der Waals surface area contributed by atoms with Crippen LogP contribution in [-0.2, 0) is 0 Å². The van der Waals surface area contributed by atoms with E-state index < -0.39 is 6.04 Å². The maximum absolute atomic E-state index is 13.6. The van der Waals surface area contributed by atoms with Gasteiger partial charge in [-0.15, -0.1) is 0 Å². The summed E-state index contributed by atoms with van der Waals surface area (Å²) >= 11 is 3.39. The summed E-state index contributed by atoms with van der Waals surface area (Å²) in [4.78, 5) is 0. The molecule has 112 valence electrons. The van der Waals surface area contributed by atoms with Crippen LogP contribution in [0, 0.1) is 5.82 Å². The minimum atomic E-state index is -0.460. The van der Waals surface area contributed by atoms with E-state index >= 15 is 0 Å². The number of nitrogens with one attached hydrogen (secondary N) is 1. The van der Waals surface area contributed by atoms with Crippen LogP contribution in [0.5, 0.6) is 11.5 Å². The quantitative estimate of drug-likeness (QED) is 0.639. The second-order valence-corrected chi connectivity index (χ2v) is 5.29. The number of ether oxygens (including phenoxy) is 2. The second-order valence-electron chi connectivity index (χ2n) is 4.37. The van der Waals surface area contributed by atoms with E-state index in [4.69, 9.17) is 15.3 Å². The van der Waals surface area contributed by atoms with Gasteiger partial charge in [0.1, 0.15) is 17.3 Å². The summed E-state index contributed by atoms with van der Waals surface area (Å²) < 4.78 is 25.1. The first-order valence-corrected chi connectivity index (χ1v) is 7.03. The Morgan fingerprint density at radius 2 is 1.76 bits per heavy atom. The summed E-state index contributed by atoms with van der Waals surface area (Å²) in [6, 6.07) is 9.40. The lowest BCUT2D eigenvalue weighted by Gasteiger charge is -2.21. The number of nitrogens with two attached hydrogens (primary N) is 1. The lowest BCUT2D eigenvalue weighted by atomic mass is 9.97. The molecule has 0 aliphatic rings. The first kappa shape index (κ1) is 15.8. The Labute approximate surface area is 131 Å². The van der Waals surface area contributed by atoms with Crippen molar-refractivity contribution in [2.75, 3.05) is 14.2 Å². The molecule has 3 N–H and O–H groups in total. The largest absolute Gasteiger partial charge is 0.496 e. The van der Waals surface area contributed by atoms with Gasteiger partial charge < -0.3 is 9.47 Å². The average Bonchev–Trinajstić information content (AvgIpc) is 2.49. The molecule has 2 aromatic rings. The highest BCUT2D eigenvalue weighted by Crippen LogP contribution is 2.36. The molecule has 0 heterocycles. The molecule has 0 saturated heterocycles. The zero-order chi connectivity index (χ0) is 15.4. The van der Waals surface area contributed by atoms with Crippen molar-refractivity contribution >= 4 is 15.9 Å². The Balaban J connectivity index is 2.57. The Bertz CT molecular complexity index is 637. The van der Waals surface area contributed by atoms with Crippen LogP contribution < -0.4 is 20.7 Å². The van der Waals surface area contributed by atoms with Gasteiger partial charge in [-0.1, -0.05) is 22.0 Å². The molecule has 1 atom stereocenters. The maximum atomic E-state index is 13.6. The Morgan fingerprint density at radius 3 is 2.38 bits per heavy atom. The highest BCUT2D eigenvalue weighted by molar-refractivity contribution is 9.10. The molecule has 0 saturated carbocycles. The van der Waals surface area contributed by atoms with Gasteiger partial charge in [0.15, 0.2) is 0 Å². The van der Waals surface area contributed by atoms with E-state index in [-0.39, 0.29) is 5.82 Å². The van der Waals surface area contributed by atoms with Crippen molar-refractivity contribution in [1.29, 1.82) is 0 Å². The lowest BCUT2D eigenvalue weighted by Crippen LogP contribution is -2.29. The molecule has 0 spiro atoms. The zero-order valence-electron chi connectivity index (χ0n) is 11.7. The normalized spacial score (nSPS) is 12.0. The van der Waals surface area contributed by atoms with E-state index in [2.05, 4.69) is 21.4 Å². The molecule has 0 aliphatic carbocycles. The minimum absolute atomic E-state index is 0.359. The van der Waals surface area contributed by atoms with Crippen molar-refractivity contribution < 1.29 is 13.9 Å². The highest BCUT2D eigenvalue weighted by atomic mass is 79.9. The van der Waals surface area contributed by atoms with Crippen LogP contribution in [0.3, 0.4) is 0 Å². The molecule has 21 heavy (non-hydrogen) atoms. The SMILES string of the molecule is COc1cc(Br)ccc1C(NN)c1cc(F)ccc1OC. The van der Waals surface area contributed by atoms with Gasteiger partial charge in [-0.25, -0.2) is 9.82 Å². The molecule has 2 aromatic carbocycles. The standard InChI is InChI=1S/C15H16BrFN2O2/c1-20-13-6-4-10(17)8-12(13)15(19-18)11-5-3-9(16)7-14(11)21-2/h3-8,15,19H,18H2,1-2H3. The molecule has 1 unspecified atom stereocenters. The molecule has 0 amide bonds. The Hall–Kier alpha value is -1.63. The first-order valence-electron chi connectivity index (χ1n) is 6.23. The fourth-order valence-corrected chi connectivity index (χ4v) is 2.54. The number of benzene rings is 2. The van der Waals surface area contributed by atoms with Crippen LogP contribution >= 0.6 is 15.9 Å². The molecule has 6 heteroatoms. The number of hydrazine groups is 1. The van der Waals surface area contributed by atoms with Crippen molar-refractivity contribution in [2.24, 2.45) is 5.84 Å². The number of halogens is 2. The summed E-state index contributed by atoms with van der Waals surface area (Å²) in [5.74, 6) is 6.50. The van der Waals surface area contributed by atoms with E-state index in [0.29, 0.717) is 17.1 Å². The fourth-order valence-electron chi connectivity index (χ4n) is 2.20. The number of rotatable bonds is 5. The first-order chi connectivity index (χ1) is 10.1. The molecule has 0 aromatic heterocycles. The Kier molecular flexibility index (Phi) is 5.17. The van der Waals surface area contributed by atoms with Gasteiger partial charge in [-0.05, 0) is 30.3 Å². The topological polar surface area (TPSA) is 56.5 Å². The van der Waals surface area contributed by atoms with E-state index in [1.165, 1.54) is 19.2 Å². The summed E-state index contributed by atoms with van der Waals surface area (Å²) in [5, 5.41) is 0. The zero-order valence-corrected chi connectivity index (χ0v) is 13.3. The van der Waals surface area contributed by atoms with Gasteiger partial charge in [0.2, 0.25) is 0 Å². The molecule has 4 nitrogen and oxygen atoms in total. The van der Waals surface area contributed by atoms with Gasteiger partial charge in [0.05, 0.1) is 20.3 Å². The molecular weight excluding hydrogens is 339 g/mol. The van der Waals surface area contributed by atoms with Crippen LogP contribution in [0.25, 0.3) is 0 Å². The van der Waals surface area contributed by atoms with E-state index in [1.807, 2.05) is 18.2 Å². The third kappa shape index (κ3) is 3.34. The van der Waals surface area contributed by atoms with Crippen molar-refractivity contribution in [2.45, 2.75) is 6.04 Å². The van der Waals surface area contributed by atoms with Gasteiger partial charge in [0, 0.05) is 15.6 Å². The van der Waals surface area contributed by atoms with Crippen molar-refractivity contribution in [3.8, 4) is 11.5 Å². The van der Waals surface area contributed by atoms with Crippen LogP contribution in [0.1, 0.15) is 17.2 Å². The number of hydrogen-bond donors (Lipinski definition) is 2. The molecular formula is C15H16BrFN2O2. The third-order valence-corrected chi connectivity index (χ3v) is 3.67. The van der Waals surface area contributed by atoms with Gasteiger partial charge in [-0.3, -0.25) is 5.84 Å². The van der Waals surface area contributed by atoms with E-state index in [0.717, 1.165) is 10.0 Å². The predicted molar refractivity (Wildman–Crippen MR) is 82.8 cm³/mol. The number of hydrogen-bond acceptors (Lipinski definition) is 4. The third-order valence-electron chi connectivity index (χ3n) is 3.18. The average molecular weight is 355 g/mol. The predicted octanol–water partition coefficient (Wildman–Crippen LogP) is 3.16. The van der Waals surface area contributed by atoms with Crippen LogP contribution in [-0.4, -0.2) is 14.2 Å². The molecule has 0 aliphatic heterocycles. The Morgan fingerprint density at radius 1 is 1.05 bits per heavy atom. The lowest BCUT2D eigenvalue weighted by molar-refractivity contribution is 0.393. The monoisotopic (exact) mass is 354 g/mol. The van der Waals surface area contributed by atoms with Crippen LogP contribution in [0.15, 0.2) is 40.9 Å². The summed E-state index contributed by atoms with van der Waals surface area (Å²) in [5.41, 5.74) is 4.07. The highest BCUT2D eigenvalue weighted by Gasteiger charge is 2.21. The minimum Gasteiger partial charge on any atom is -0.496 e. The van der Waals surface area contributed by atoms with Crippen molar-refractivity contribution in [3.63, 3.8) is 0 Å². The van der Waals surface area contributed by atoms with Crippen LogP contribution in [0.4, 0.5) is 4.39 Å². The van der Waals surface area contributed by atoms with E-state index in [1.54, 1.807) is 13.2 Å². The van der Waals surface area contributed by atoms with Gasteiger partial charge in [0.25, 0.3) is 0 Å². The summed E-state index contributed by atoms with van der Waals surface area (Å²) in [7, 11) is 3.10. The van der Waals surface area contributed by atoms with E-state index in [9.17, 15) is 4.39 Å². The van der Waals surface area contributed by atoms with Gasteiger partial charge >= 0.3 is 0 Å². The molecule has 0 radical (unpaired) electrons. The van der Waals surface area contributed by atoms with Crippen molar-refractivity contribution in [1.82, 2.24) is 5.43 Å². The number of methoxy groups -OCH3 is 2. The molecule has 0 bridgehead atoms. The van der Waals surface area contributed by atoms with Crippen molar-refractivity contribution in [3.05, 3.63) is 57.8 Å². The molecule has 0 fully saturated rings. The fraction of sp³-hybridized carbons (Fsp3) is 0.200. The smallest absolute Gasteiger partial charge is 0.125 e.